The Morgan fingerprint density at radius 3 is 2.11 bits per heavy atom. The van der Waals surface area contributed by atoms with E-state index in [0.717, 1.165) is 12.0 Å². The van der Waals surface area contributed by atoms with Crippen molar-refractivity contribution in [3.63, 3.8) is 0 Å². The first-order valence-corrected chi connectivity index (χ1v) is 8.94. The average molecular weight is 306 g/mol. The minimum Gasteiger partial charge on any atom is -0.218 e. The van der Waals surface area contributed by atoms with Crippen molar-refractivity contribution < 1.29 is 16.8 Å². The molecule has 108 valence electrons. The summed E-state index contributed by atoms with van der Waals surface area (Å²) in [6, 6.07) is 6.49. The summed E-state index contributed by atoms with van der Waals surface area (Å²) in [5, 5.41) is 0. The molecule has 0 atom stereocenters. The Morgan fingerprint density at radius 1 is 1.05 bits per heavy atom. The molecule has 0 amide bonds. The van der Waals surface area contributed by atoms with Crippen LogP contribution in [0.25, 0.3) is 0 Å². The van der Waals surface area contributed by atoms with Gasteiger partial charge in [-0.3, -0.25) is 0 Å². The van der Waals surface area contributed by atoms with E-state index in [4.69, 9.17) is 0 Å². The molecule has 6 nitrogen and oxygen atoms in total. The number of hydrogen-bond donors (Lipinski definition) is 2. The zero-order valence-electron chi connectivity index (χ0n) is 10.9. The molecule has 0 radical (unpaired) electrons. The highest BCUT2D eigenvalue weighted by atomic mass is 32.2. The third-order valence-electron chi connectivity index (χ3n) is 2.62. The lowest BCUT2D eigenvalue weighted by Gasteiger charge is -2.07. The molecular formula is C11H18N2O4S2. The van der Waals surface area contributed by atoms with Crippen LogP contribution in [-0.4, -0.2) is 36.2 Å². The molecule has 0 heterocycles. The lowest BCUT2D eigenvalue weighted by molar-refractivity contribution is 0.578. The molecule has 2 N–H and O–H groups in total. The predicted octanol–water partition coefficient (Wildman–Crippen LogP) is 0.0765. The monoisotopic (exact) mass is 306 g/mol. The molecule has 0 saturated carbocycles. The van der Waals surface area contributed by atoms with Crippen molar-refractivity contribution in [2.24, 2.45) is 0 Å². The molecule has 19 heavy (non-hydrogen) atoms. The highest BCUT2D eigenvalue weighted by Gasteiger charge is 2.15. The fraction of sp³-hybridized carbons (Fsp3) is 0.455. The molecule has 0 fully saturated rings. The van der Waals surface area contributed by atoms with Crippen LogP contribution in [0.3, 0.4) is 0 Å². The van der Waals surface area contributed by atoms with Crippen molar-refractivity contribution >= 4 is 20.0 Å². The number of rotatable bonds is 7. The van der Waals surface area contributed by atoms with Gasteiger partial charge in [-0.1, -0.05) is 19.1 Å². The Labute approximate surface area is 114 Å². The fourth-order valence-electron chi connectivity index (χ4n) is 1.40. The molecule has 0 bridgehead atoms. The van der Waals surface area contributed by atoms with Crippen LogP contribution in [-0.2, 0) is 26.5 Å². The summed E-state index contributed by atoms with van der Waals surface area (Å²) in [5.41, 5.74) is 1.04. The topological polar surface area (TPSA) is 92.3 Å². The number of benzene rings is 1. The molecule has 8 heteroatoms. The van der Waals surface area contributed by atoms with Crippen molar-refractivity contribution in [3.8, 4) is 0 Å². The lowest BCUT2D eigenvalue weighted by atomic mass is 10.2. The first-order chi connectivity index (χ1) is 8.80. The van der Waals surface area contributed by atoms with E-state index >= 15 is 0 Å². The van der Waals surface area contributed by atoms with Crippen LogP contribution in [0.4, 0.5) is 0 Å². The second-order valence-electron chi connectivity index (χ2n) is 3.92. The minimum atomic E-state index is -3.66. The first kappa shape index (κ1) is 16.1. The molecular weight excluding hydrogens is 288 g/mol. The van der Waals surface area contributed by atoms with E-state index in [1.807, 2.05) is 6.92 Å². The predicted molar refractivity (Wildman–Crippen MR) is 73.9 cm³/mol. The summed E-state index contributed by atoms with van der Waals surface area (Å²) in [7, 11) is -5.78. The second-order valence-corrected chi connectivity index (χ2v) is 7.73. The van der Waals surface area contributed by atoms with Crippen molar-refractivity contribution in [2.75, 3.05) is 19.3 Å². The smallest absolute Gasteiger partial charge is 0.218 e. The van der Waals surface area contributed by atoms with E-state index in [9.17, 15) is 16.8 Å². The van der Waals surface area contributed by atoms with Gasteiger partial charge in [-0.2, -0.15) is 0 Å². The second kappa shape index (κ2) is 6.47. The van der Waals surface area contributed by atoms with E-state index in [1.54, 1.807) is 12.1 Å². The van der Waals surface area contributed by atoms with Gasteiger partial charge in [0.15, 0.2) is 0 Å². The zero-order chi connectivity index (χ0) is 14.5. The van der Waals surface area contributed by atoms with Crippen LogP contribution in [0, 0.1) is 0 Å². The summed E-state index contributed by atoms with van der Waals surface area (Å²) < 4.78 is 50.5. The lowest BCUT2D eigenvalue weighted by Crippen LogP contribution is -2.32. The number of hydrogen-bond acceptors (Lipinski definition) is 4. The van der Waals surface area contributed by atoms with Crippen LogP contribution < -0.4 is 9.44 Å². The van der Waals surface area contributed by atoms with Crippen LogP contribution in [0.15, 0.2) is 29.2 Å². The summed E-state index contributed by atoms with van der Waals surface area (Å²) >= 11 is 0. The molecule has 0 aliphatic rings. The molecule has 1 aromatic carbocycles. The quantitative estimate of drug-likeness (QED) is 0.746. The fourth-order valence-corrected chi connectivity index (χ4v) is 3.14. The number of nitrogens with one attached hydrogen (secondary N) is 2. The summed E-state index contributed by atoms with van der Waals surface area (Å²) in [6.07, 6.45) is 0.828. The standard InChI is InChI=1S/C11H18N2O4S2/c1-3-10-4-6-11(7-5-10)19(16,17)13-8-9-18(14,15)12-2/h4-7,12-13H,3,8-9H2,1-2H3. The molecule has 0 aliphatic carbocycles. The van der Waals surface area contributed by atoms with Gasteiger partial charge in [0.2, 0.25) is 20.0 Å². The summed E-state index contributed by atoms with van der Waals surface area (Å²) in [6.45, 7) is 1.81. The molecule has 0 aliphatic heterocycles. The SMILES string of the molecule is CCc1ccc(S(=O)(=O)NCCS(=O)(=O)NC)cc1. The Bertz CT molecular complexity index is 607. The minimum absolute atomic E-state index is 0.131. The van der Waals surface area contributed by atoms with Crippen molar-refractivity contribution in [1.82, 2.24) is 9.44 Å². The maximum Gasteiger partial charge on any atom is 0.240 e. The Kier molecular flexibility index (Phi) is 5.48. The number of aryl methyl sites for hydroxylation is 1. The molecule has 0 aromatic heterocycles. The van der Waals surface area contributed by atoms with Crippen LogP contribution in [0.5, 0.6) is 0 Å². The van der Waals surface area contributed by atoms with E-state index in [0.29, 0.717) is 0 Å². The average Bonchev–Trinajstić information content (AvgIpc) is 2.38. The zero-order valence-corrected chi connectivity index (χ0v) is 12.5. The van der Waals surface area contributed by atoms with Gasteiger partial charge in [0.1, 0.15) is 0 Å². The van der Waals surface area contributed by atoms with E-state index in [2.05, 4.69) is 9.44 Å². The van der Waals surface area contributed by atoms with E-state index in [-0.39, 0.29) is 17.2 Å². The van der Waals surface area contributed by atoms with Crippen molar-refractivity contribution in [1.29, 1.82) is 0 Å². The van der Waals surface area contributed by atoms with Crippen molar-refractivity contribution in [3.05, 3.63) is 29.8 Å². The summed E-state index contributed by atoms with van der Waals surface area (Å²) in [5.74, 6) is -0.296. The van der Waals surface area contributed by atoms with Gasteiger partial charge in [-0.25, -0.2) is 26.3 Å². The third kappa shape index (κ3) is 4.90. The van der Waals surface area contributed by atoms with Gasteiger partial charge in [-0.05, 0) is 31.2 Å². The van der Waals surface area contributed by atoms with Gasteiger partial charge in [0, 0.05) is 6.54 Å². The molecule has 0 saturated heterocycles. The van der Waals surface area contributed by atoms with E-state index < -0.39 is 20.0 Å². The van der Waals surface area contributed by atoms with Gasteiger partial charge in [0.25, 0.3) is 0 Å². The molecule has 0 spiro atoms. The normalized spacial score (nSPS) is 12.5. The maximum absolute atomic E-state index is 11.9. The Balaban J connectivity index is 2.70. The van der Waals surface area contributed by atoms with Gasteiger partial charge < -0.3 is 0 Å². The van der Waals surface area contributed by atoms with Crippen LogP contribution >= 0.6 is 0 Å². The maximum atomic E-state index is 11.9. The summed E-state index contributed by atoms with van der Waals surface area (Å²) in [4.78, 5) is 0.131. The van der Waals surface area contributed by atoms with Gasteiger partial charge in [-0.15, -0.1) is 0 Å². The van der Waals surface area contributed by atoms with E-state index in [1.165, 1.54) is 19.2 Å². The Hall–Kier alpha value is -0.960. The van der Waals surface area contributed by atoms with Crippen molar-refractivity contribution in [2.45, 2.75) is 18.2 Å². The molecule has 1 aromatic rings. The highest BCUT2D eigenvalue weighted by Crippen LogP contribution is 2.10. The highest BCUT2D eigenvalue weighted by molar-refractivity contribution is 7.90. The molecule has 0 unspecified atom stereocenters. The molecule has 1 rings (SSSR count). The largest absolute Gasteiger partial charge is 0.240 e. The van der Waals surface area contributed by atoms with Gasteiger partial charge in [0.05, 0.1) is 10.6 Å². The third-order valence-corrected chi connectivity index (χ3v) is 5.46. The van der Waals surface area contributed by atoms with Gasteiger partial charge >= 0.3 is 0 Å². The number of sulfonamides is 2. The Morgan fingerprint density at radius 2 is 1.63 bits per heavy atom. The first-order valence-electron chi connectivity index (χ1n) is 5.80. The van der Waals surface area contributed by atoms with Crippen LogP contribution in [0.2, 0.25) is 0 Å². The van der Waals surface area contributed by atoms with Crippen LogP contribution in [0.1, 0.15) is 12.5 Å².